The number of fused-ring (bicyclic) bond motifs is 1. The predicted octanol–water partition coefficient (Wildman–Crippen LogP) is 3.55. The molecule has 0 aliphatic carbocycles. The molecule has 5 nitrogen and oxygen atoms in total. The van der Waals surface area contributed by atoms with Crippen molar-refractivity contribution in [2.24, 2.45) is 4.99 Å². The molecule has 1 aromatic carbocycles. The van der Waals surface area contributed by atoms with Gasteiger partial charge < -0.3 is 15.0 Å². The van der Waals surface area contributed by atoms with Crippen LogP contribution in [0.2, 0.25) is 0 Å². The average molecular weight is 400 g/mol. The predicted molar refractivity (Wildman–Crippen MR) is 115 cm³/mol. The van der Waals surface area contributed by atoms with Gasteiger partial charge in [-0.1, -0.05) is 12.1 Å². The number of aromatic nitrogens is 2. The van der Waals surface area contributed by atoms with E-state index in [9.17, 15) is 4.39 Å². The Morgan fingerprint density at radius 1 is 1.25 bits per heavy atom. The van der Waals surface area contributed by atoms with E-state index in [1.807, 2.05) is 24.6 Å². The van der Waals surface area contributed by atoms with Gasteiger partial charge in [0.15, 0.2) is 5.96 Å². The van der Waals surface area contributed by atoms with Crippen LogP contribution in [0.3, 0.4) is 0 Å². The van der Waals surface area contributed by atoms with E-state index in [2.05, 4.69) is 39.2 Å². The fraction of sp³-hybridized carbons (Fsp3) is 0.333. The van der Waals surface area contributed by atoms with Gasteiger partial charge in [0, 0.05) is 44.7 Å². The molecule has 148 valence electrons. The molecule has 0 aliphatic heterocycles. The average Bonchev–Trinajstić information content (AvgIpc) is 3.10. The number of hydrogen-bond acceptors (Lipinski definition) is 3. The molecule has 0 aliphatic rings. The smallest absolute Gasteiger partial charge is 0.191 e. The highest BCUT2D eigenvalue weighted by Crippen LogP contribution is 2.16. The van der Waals surface area contributed by atoms with E-state index in [-0.39, 0.29) is 5.82 Å². The molecule has 0 amide bonds. The quantitative estimate of drug-likeness (QED) is 0.471. The maximum Gasteiger partial charge on any atom is 0.191 e. The molecule has 3 rings (SSSR count). The molecule has 2 aromatic heterocycles. The zero-order chi connectivity index (χ0) is 19.9. The number of aliphatic imine (C=N–C) groups is 1. The molecule has 3 aromatic rings. The maximum atomic E-state index is 13.5. The van der Waals surface area contributed by atoms with Crippen LogP contribution in [-0.2, 0) is 18.7 Å². The van der Waals surface area contributed by atoms with E-state index in [0.29, 0.717) is 6.54 Å². The van der Waals surface area contributed by atoms with Gasteiger partial charge >= 0.3 is 0 Å². The Morgan fingerprint density at radius 3 is 2.86 bits per heavy atom. The molecule has 0 fully saturated rings. The highest BCUT2D eigenvalue weighted by atomic mass is 32.2. The van der Waals surface area contributed by atoms with Gasteiger partial charge in [-0.25, -0.2) is 9.37 Å². The molecule has 0 radical (unpaired) electrons. The molecular weight excluding hydrogens is 373 g/mol. The van der Waals surface area contributed by atoms with E-state index in [0.717, 1.165) is 47.1 Å². The highest BCUT2D eigenvalue weighted by Gasteiger charge is 2.07. The topological polar surface area (TPSA) is 53.7 Å². The lowest BCUT2D eigenvalue weighted by atomic mass is 10.1. The van der Waals surface area contributed by atoms with Gasteiger partial charge in [0.05, 0.1) is 5.69 Å². The third-order valence-corrected chi connectivity index (χ3v) is 5.14. The number of imidazole rings is 1. The fourth-order valence-corrected chi connectivity index (χ4v) is 3.67. The fourth-order valence-electron chi connectivity index (χ4n) is 3.09. The van der Waals surface area contributed by atoms with Crippen LogP contribution < -0.4 is 10.6 Å². The number of rotatable bonds is 7. The van der Waals surface area contributed by atoms with Crippen molar-refractivity contribution in [3.8, 4) is 0 Å². The number of halogens is 1. The Labute approximate surface area is 169 Å². The number of benzene rings is 1. The number of guanidine groups is 1. The molecule has 0 atom stereocenters. The molecule has 0 unspecified atom stereocenters. The van der Waals surface area contributed by atoms with Crippen molar-refractivity contribution in [1.29, 1.82) is 0 Å². The van der Waals surface area contributed by atoms with Gasteiger partial charge in [0.25, 0.3) is 0 Å². The summed E-state index contributed by atoms with van der Waals surface area (Å²) in [7, 11) is 1.75. The van der Waals surface area contributed by atoms with E-state index in [4.69, 9.17) is 4.98 Å². The van der Waals surface area contributed by atoms with Crippen LogP contribution in [0, 0.1) is 12.7 Å². The lowest BCUT2D eigenvalue weighted by Crippen LogP contribution is -2.38. The largest absolute Gasteiger partial charge is 0.356 e. The van der Waals surface area contributed by atoms with Crippen molar-refractivity contribution in [3.05, 3.63) is 70.9 Å². The first kappa shape index (κ1) is 20.2. The van der Waals surface area contributed by atoms with Crippen molar-refractivity contribution in [2.45, 2.75) is 25.6 Å². The van der Waals surface area contributed by atoms with Crippen LogP contribution >= 0.6 is 11.8 Å². The summed E-state index contributed by atoms with van der Waals surface area (Å²) in [4.78, 5) is 8.97. The molecule has 2 heterocycles. The lowest BCUT2D eigenvalue weighted by Gasteiger charge is -2.14. The molecule has 0 saturated heterocycles. The van der Waals surface area contributed by atoms with Gasteiger partial charge in [0.1, 0.15) is 11.5 Å². The Hall–Kier alpha value is -2.54. The number of pyridine rings is 1. The van der Waals surface area contributed by atoms with Crippen molar-refractivity contribution in [2.75, 3.05) is 19.8 Å². The van der Waals surface area contributed by atoms with Crippen molar-refractivity contribution in [3.63, 3.8) is 0 Å². The van der Waals surface area contributed by atoms with Crippen LogP contribution in [0.4, 0.5) is 4.39 Å². The summed E-state index contributed by atoms with van der Waals surface area (Å²) >= 11 is 1.68. The maximum absolute atomic E-state index is 13.5. The second-order valence-corrected chi connectivity index (χ2v) is 7.47. The molecule has 0 bridgehead atoms. The van der Waals surface area contributed by atoms with Crippen molar-refractivity contribution >= 4 is 23.4 Å². The SMILES string of the molecule is CN=C(NCCc1cn2cccc(C)c2n1)NCc1ccc(F)cc1CSC. The molecule has 28 heavy (non-hydrogen) atoms. The van der Waals surface area contributed by atoms with Gasteiger partial charge in [-0.2, -0.15) is 11.8 Å². The summed E-state index contributed by atoms with van der Waals surface area (Å²) < 4.78 is 15.5. The summed E-state index contributed by atoms with van der Waals surface area (Å²) in [5, 5.41) is 6.63. The Balaban J connectivity index is 1.54. The van der Waals surface area contributed by atoms with Crippen LogP contribution in [0.25, 0.3) is 5.65 Å². The number of thioether (sulfide) groups is 1. The van der Waals surface area contributed by atoms with E-state index >= 15 is 0 Å². The van der Waals surface area contributed by atoms with Gasteiger partial charge in [-0.05, 0) is 48.1 Å². The zero-order valence-electron chi connectivity index (χ0n) is 16.5. The minimum absolute atomic E-state index is 0.196. The van der Waals surface area contributed by atoms with Crippen LogP contribution in [0.5, 0.6) is 0 Å². The third-order valence-electron chi connectivity index (χ3n) is 4.54. The van der Waals surface area contributed by atoms with E-state index in [1.165, 1.54) is 11.6 Å². The normalized spacial score (nSPS) is 11.8. The standard InChI is InChI=1S/C21H26FN5S/c1-15-5-4-10-27-13-19(26-20(15)27)8-9-24-21(23-2)25-12-16-6-7-18(22)11-17(16)14-28-3/h4-7,10-11,13H,8-9,12,14H2,1-3H3,(H2,23,24,25). The number of nitrogens with zero attached hydrogens (tertiary/aromatic N) is 3. The van der Waals surface area contributed by atoms with E-state index in [1.54, 1.807) is 24.9 Å². The summed E-state index contributed by atoms with van der Waals surface area (Å²) in [6.07, 6.45) is 6.90. The number of hydrogen-bond donors (Lipinski definition) is 2. The molecule has 0 saturated carbocycles. The van der Waals surface area contributed by atoms with Crippen molar-refractivity contribution < 1.29 is 4.39 Å². The van der Waals surface area contributed by atoms with Gasteiger partial charge in [-0.3, -0.25) is 4.99 Å². The van der Waals surface area contributed by atoms with Crippen LogP contribution in [-0.4, -0.2) is 35.2 Å². The van der Waals surface area contributed by atoms with Crippen molar-refractivity contribution in [1.82, 2.24) is 20.0 Å². The molecule has 2 N–H and O–H groups in total. The summed E-state index contributed by atoms with van der Waals surface area (Å²) in [6, 6.07) is 9.03. The second-order valence-electron chi connectivity index (χ2n) is 6.60. The highest BCUT2D eigenvalue weighted by molar-refractivity contribution is 7.97. The first-order chi connectivity index (χ1) is 13.6. The number of aryl methyl sites for hydroxylation is 1. The minimum atomic E-state index is -0.196. The monoisotopic (exact) mass is 399 g/mol. The van der Waals surface area contributed by atoms with Gasteiger partial charge in [-0.15, -0.1) is 0 Å². The Bertz CT molecular complexity index is 967. The first-order valence-corrected chi connectivity index (χ1v) is 10.6. The third kappa shape index (κ3) is 5.04. The minimum Gasteiger partial charge on any atom is -0.356 e. The van der Waals surface area contributed by atoms with E-state index < -0.39 is 0 Å². The molecule has 0 spiro atoms. The Kier molecular flexibility index (Phi) is 6.92. The second kappa shape index (κ2) is 9.59. The zero-order valence-corrected chi connectivity index (χ0v) is 17.3. The summed E-state index contributed by atoms with van der Waals surface area (Å²) in [6.45, 7) is 3.39. The summed E-state index contributed by atoms with van der Waals surface area (Å²) in [5.41, 5.74) is 5.29. The number of nitrogens with one attached hydrogen (secondary N) is 2. The first-order valence-electron chi connectivity index (χ1n) is 9.24. The van der Waals surface area contributed by atoms with Crippen LogP contribution in [0.15, 0.2) is 47.7 Å². The molecular formula is C21H26FN5S. The van der Waals surface area contributed by atoms with Gasteiger partial charge in [0.2, 0.25) is 0 Å². The van der Waals surface area contributed by atoms with Crippen LogP contribution in [0.1, 0.15) is 22.4 Å². The Morgan fingerprint density at radius 2 is 2.11 bits per heavy atom. The summed E-state index contributed by atoms with van der Waals surface area (Å²) in [5.74, 6) is 1.31. The lowest BCUT2D eigenvalue weighted by molar-refractivity contribution is 0.625. The molecule has 7 heteroatoms.